The molecule has 128 valence electrons. The van der Waals surface area contributed by atoms with E-state index in [9.17, 15) is 4.79 Å². The number of carbonyl (C=O) groups is 1. The highest BCUT2D eigenvalue weighted by Crippen LogP contribution is 2.27. The van der Waals surface area contributed by atoms with Gasteiger partial charge >= 0.3 is 0 Å². The summed E-state index contributed by atoms with van der Waals surface area (Å²) in [4.78, 5) is 17.1. The van der Waals surface area contributed by atoms with Crippen LogP contribution in [0.4, 0.5) is 0 Å². The first-order valence-electron chi connectivity index (χ1n) is 7.85. The minimum Gasteiger partial charge on any atom is -0.483 e. The zero-order valence-electron chi connectivity index (χ0n) is 14.7. The monoisotopic (exact) mass is 345 g/mol. The Morgan fingerprint density at radius 2 is 2.12 bits per heavy atom. The fourth-order valence-corrected chi connectivity index (χ4v) is 3.02. The Balaban J connectivity index is 1.97. The normalized spacial score (nSPS) is 11.7. The summed E-state index contributed by atoms with van der Waals surface area (Å²) in [7, 11) is 0. The van der Waals surface area contributed by atoms with Gasteiger partial charge in [0.1, 0.15) is 5.75 Å². The molecule has 6 heteroatoms. The SMILES string of the molecule is CC(=NNC(=O)COc1cc(C)ccc1C(C)C)c1scnc1C. The number of hydrazone groups is 1. The molecular formula is C18H23N3O2S. The second kappa shape index (κ2) is 8.06. The van der Waals surface area contributed by atoms with E-state index >= 15 is 0 Å². The Morgan fingerprint density at radius 1 is 1.38 bits per heavy atom. The first-order valence-corrected chi connectivity index (χ1v) is 8.73. The number of amides is 1. The Labute approximate surface area is 146 Å². The molecule has 24 heavy (non-hydrogen) atoms. The van der Waals surface area contributed by atoms with Gasteiger partial charge in [-0.3, -0.25) is 4.79 Å². The third kappa shape index (κ3) is 4.64. The van der Waals surface area contributed by atoms with Gasteiger partial charge in [0, 0.05) is 0 Å². The molecule has 2 aromatic rings. The Hall–Kier alpha value is -2.21. The highest BCUT2D eigenvalue weighted by Gasteiger charge is 2.11. The van der Waals surface area contributed by atoms with Crippen LogP contribution in [-0.4, -0.2) is 23.2 Å². The van der Waals surface area contributed by atoms with Crippen LogP contribution in [0.2, 0.25) is 0 Å². The van der Waals surface area contributed by atoms with E-state index in [4.69, 9.17) is 4.74 Å². The molecule has 1 aromatic heterocycles. The summed E-state index contributed by atoms with van der Waals surface area (Å²) in [6, 6.07) is 6.05. The molecule has 5 nitrogen and oxygen atoms in total. The number of ether oxygens (including phenoxy) is 1. The maximum Gasteiger partial charge on any atom is 0.277 e. The molecule has 0 bridgehead atoms. The minimum absolute atomic E-state index is 0.0678. The lowest BCUT2D eigenvalue weighted by molar-refractivity contribution is -0.123. The zero-order valence-corrected chi connectivity index (χ0v) is 15.5. The van der Waals surface area contributed by atoms with E-state index in [1.807, 2.05) is 39.0 Å². The van der Waals surface area contributed by atoms with E-state index in [2.05, 4.69) is 29.4 Å². The summed E-state index contributed by atoms with van der Waals surface area (Å²) in [5.74, 6) is 0.796. The number of nitrogens with zero attached hydrogens (tertiary/aromatic N) is 2. The summed E-state index contributed by atoms with van der Waals surface area (Å²) in [5, 5.41) is 4.12. The molecule has 0 spiro atoms. The van der Waals surface area contributed by atoms with Crippen molar-refractivity contribution in [1.82, 2.24) is 10.4 Å². The predicted molar refractivity (Wildman–Crippen MR) is 98.0 cm³/mol. The molecule has 1 N–H and O–H groups in total. The van der Waals surface area contributed by atoms with Gasteiger partial charge in [-0.25, -0.2) is 10.4 Å². The standard InChI is InChI=1S/C18H23N3O2S/c1-11(2)15-7-6-12(3)8-16(15)23-9-17(22)21-20-14(5)18-13(4)19-10-24-18/h6-8,10-11H,9H2,1-5H3,(H,21,22). The molecular weight excluding hydrogens is 322 g/mol. The van der Waals surface area contributed by atoms with Crippen molar-refractivity contribution in [3.05, 3.63) is 45.4 Å². The van der Waals surface area contributed by atoms with Crippen LogP contribution in [0.5, 0.6) is 5.75 Å². The van der Waals surface area contributed by atoms with Crippen molar-refractivity contribution in [3.8, 4) is 5.75 Å². The van der Waals surface area contributed by atoms with Crippen LogP contribution >= 0.6 is 11.3 Å². The lowest BCUT2D eigenvalue weighted by Gasteiger charge is -2.14. The molecule has 2 rings (SSSR count). The fourth-order valence-electron chi connectivity index (χ4n) is 2.27. The summed E-state index contributed by atoms with van der Waals surface area (Å²) in [5.41, 5.74) is 8.14. The van der Waals surface area contributed by atoms with Crippen molar-refractivity contribution in [2.75, 3.05) is 6.61 Å². The van der Waals surface area contributed by atoms with Crippen LogP contribution in [-0.2, 0) is 4.79 Å². The third-order valence-corrected chi connectivity index (χ3v) is 4.61. The number of nitrogens with one attached hydrogen (secondary N) is 1. The Morgan fingerprint density at radius 3 is 2.75 bits per heavy atom. The average molecular weight is 345 g/mol. The van der Waals surface area contributed by atoms with E-state index in [1.54, 1.807) is 5.51 Å². The number of aromatic nitrogens is 1. The molecule has 0 atom stereocenters. The van der Waals surface area contributed by atoms with Gasteiger partial charge in [0.15, 0.2) is 6.61 Å². The van der Waals surface area contributed by atoms with Crippen LogP contribution in [0.3, 0.4) is 0 Å². The molecule has 0 aliphatic heterocycles. The largest absolute Gasteiger partial charge is 0.483 e. The summed E-state index contributed by atoms with van der Waals surface area (Å²) in [6.07, 6.45) is 0. The number of hydrogen-bond acceptors (Lipinski definition) is 5. The van der Waals surface area contributed by atoms with Gasteiger partial charge in [-0.05, 0) is 43.9 Å². The predicted octanol–water partition coefficient (Wildman–Crippen LogP) is 3.80. The number of aryl methyl sites for hydroxylation is 2. The number of thiazole rings is 1. The van der Waals surface area contributed by atoms with Crippen molar-refractivity contribution in [3.63, 3.8) is 0 Å². The fraction of sp³-hybridized carbons (Fsp3) is 0.389. The zero-order chi connectivity index (χ0) is 17.7. The summed E-state index contributed by atoms with van der Waals surface area (Å²) >= 11 is 1.50. The van der Waals surface area contributed by atoms with Gasteiger partial charge in [-0.15, -0.1) is 11.3 Å². The van der Waals surface area contributed by atoms with Crippen molar-refractivity contribution in [2.45, 2.75) is 40.5 Å². The second-order valence-electron chi connectivity index (χ2n) is 5.98. The van der Waals surface area contributed by atoms with E-state index in [0.717, 1.165) is 33.2 Å². The Bertz CT molecular complexity index is 750. The van der Waals surface area contributed by atoms with Crippen molar-refractivity contribution < 1.29 is 9.53 Å². The van der Waals surface area contributed by atoms with Gasteiger partial charge in [0.25, 0.3) is 5.91 Å². The summed E-state index contributed by atoms with van der Waals surface area (Å²) < 4.78 is 5.70. The molecule has 1 aromatic carbocycles. The van der Waals surface area contributed by atoms with Crippen molar-refractivity contribution in [2.24, 2.45) is 5.10 Å². The van der Waals surface area contributed by atoms with E-state index < -0.39 is 0 Å². The molecule has 0 radical (unpaired) electrons. The van der Waals surface area contributed by atoms with Gasteiger partial charge in [-0.1, -0.05) is 26.0 Å². The first kappa shape index (κ1) is 18.1. The van der Waals surface area contributed by atoms with Crippen LogP contribution in [0, 0.1) is 13.8 Å². The highest BCUT2D eigenvalue weighted by molar-refractivity contribution is 7.12. The van der Waals surface area contributed by atoms with E-state index in [0.29, 0.717) is 5.92 Å². The van der Waals surface area contributed by atoms with Gasteiger partial charge in [-0.2, -0.15) is 5.10 Å². The van der Waals surface area contributed by atoms with Crippen molar-refractivity contribution >= 4 is 23.0 Å². The molecule has 0 aliphatic rings. The van der Waals surface area contributed by atoms with Gasteiger partial charge < -0.3 is 4.74 Å². The average Bonchev–Trinajstić information content (AvgIpc) is 2.96. The lowest BCUT2D eigenvalue weighted by Crippen LogP contribution is -2.26. The van der Waals surface area contributed by atoms with Crippen LogP contribution in [0.25, 0.3) is 0 Å². The second-order valence-corrected chi connectivity index (χ2v) is 6.84. The van der Waals surface area contributed by atoms with Crippen molar-refractivity contribution in [1.29, 1.82) is 0 Å². The van der Waals surface area contributed by atoms with E-state index in [1.165, 1.54) is 11.3 Å². The summed E-state index contributed by atoms with van der Waals surface area (Å²) in [6.45, 7) is 9.90. The molecule has 0 aliphatic carbocycles. The Kier molecular flexibility index (Phi) is 6.09. The highest BCUT2D eigenvalue weighted by atomic mass is 32.1. The van der Waals surface area contributed by atoms with Gasteiger partial charge in [0.05, 0.1) is 21.8 Å². The molecule has 1 heterocycles. The molecule has 0 fully saturated rings. The minimum atomic E-state index is -0.285. The van der Waals surface area contributed by atoms with Crippen LogP contribution < -0.4 is 10.2 Å². The maximum atomic E-state index is 12.0. The molecule has 1 amide bonds. The molecule has 0 unspecified atom stereocenters. The molecule has 0 saturated heterocycles. The number of carbonyl (C=O) groups excluding carboxylic acids is 1. The number of benzene rings is 1. The van der Waals surface area contributed by atoms with Crippen LogP contribution in [0.15, 0.2) is 28.8 Å². The number of hydrogen-bond donors (Lipinski definition) is 1. The lowest BCUT2D eigenvalue weighted by atomic mass is 10.0. The quantitative estimate of drug-likeness (QED) is 0.640. The smallest absolute Gasteiger partial charge is 0.277 e. The first-order chi connectivity index (χ1) is 11.4. The number of rotatable bonds is 6. The topological polar surface area (TPSA) is 63.6 Å². The third-order valence-electron chi connectivity index (χ3n) is 3.57. The maximum absolute atomic E-state index is 12.0. The van der Waals surface area contributed by atoms with Gasteiger partial charge in [0.2, 0.25) is 0 Å². The van der Waals surface area contributed by atoms with Crippen LogP contribution in [0.1, 0.15) is 48.4 Å². The van der Waals surface area contributed by atoms with E-state index in [-0.39, 0.29) is 12.5 Å². The molecule has 0 saturated carbocycles.